The molecule has 1 fully saturated rings. The molecule has 2 aliphatic carbocycles. The van der Waals surface area contributed by atoms with Crippen LogP contribution in [-0.4, -0.2) is 41.5 Å². The van der Waals surface area contributed by atoms with E-state index in [-0.39, 0.29) is 24.4 Å². The van der Waals surface area contributed by atoms with Gasteiger partial charge in [0, 0.05) is 43.9 Å². The number of fused-ring (bicyclic) bond motifs is 1. The highest BCUT2D eigenvalue weighted by Gasteiger charge is 2.30. The summed E-state index contributed by atoms with van der Waals surface area (Å²) in [6.45, 7) is 4.13. The molecule has 1 N–H and O–H groups in total. The Morgan fingerprint density at radius 1 is 1.19 bits per heavy atom. The van der Waals surface area contributed by atoms with Crippen LogP contribution >= 0.6 is 0 Å². The fourth-order valence-electron chi connectivity index (χ4n) is 4.90. The molecule has 1 amide bonds. The molecule has 31 heavy (non-hydrogen) atoms. The van der Waals surface area contributed by atoms with Crippen LogP contribution in [0.1, 0.15) is 53.8 Å². The van der Waals surface area contributed by atoms with Crippen molar-refractivity contribution in [2.45, 2.75) is 69.9 Å². The number of carbonyl (C=O) groups excluding carboxylic acids is 1. The van der Waals surface area contributed by atoms with E-state index in [0.717, 1.165) is 60.2 Å². The number of carbonyl (C=O) groups is 1. The van der Waals surface area contributed by atoms with Crippen LogP contribution < -0.4 is 5.32 Å². The molecule has 2 aromatic rings. The Morgan fingerprint density at radius 3 is 2.52 bits per heavy atom. The predicted octanol–water partition coefficient (Wildman–Crippen LogP) is 2.63. The molecule has 168 valence electrons. The van der Waals surface area contributed by atoms with Crippen LogP contribution in [0.3, 0.4) is 0 Å². The second-order valence-electron chi connectivity index (χ2n) is 9.06. The van der Waals surface area contributed by atoms with E-state index in [4.69, 9.17) is 0 Å². The lowest BCUT2D eigenvalue weighted by Crippen LogP contribution is -2.38. The first-order valence-electron chi connectivity index (χ1n) is 11.0. The number of hydrogen-bond acceptors (Lipinski definition) is 4. The van der Waals surface area contributed by atoms with Gasteiger partial charge in [-0.2, -0.15) is 9.40 Å². The third-order valence-corrected chi connectivity index (χ3v) is 8.73. The normalized spacial score (nSPS) is 19.2. The Morgan fingerprint density at radius 2 is 1.87 bits per heavy atom. The fraction of sp³-hybridized carbons (Fsp3) is 0.565. The molecule has 4 rings (SSSR count). The molecule has 1 aromatic heterocycles. The highest BCUT2D eigenvalue weighted by atomic mass is 32.2. The van der Waals surface area contributed by atoms with Gasteiger partial charge in [-0.05, 0) is 62.8 Å². The lowest BCUT2D eigenvalue weighted by molar-refractivity contribution is -0.125. The first-order chi connectivity index (χ1) is 14.7. The molecule has 1 saturated carbocycles. The molecular formula is C23H32N4O3S. The summed E-state index contributed by atoms with van der Waals surface area (Å²) in [6, 6.07) is 5.43. The Balaban J connectivity index is 1.47. The number of nitrogens with zero attached hydrogens (tertiary/aromatic N) is 3. The van der Waals surface area contributed by atoms with Crippen molar-refractivity contribution in [1.82, 2.24) is 19.4 Å². The molecule has 0 spiro atoms. The second-order valence-corrected chi connectivity index (χ2v) is 11.1. The van der Waals surface area contributed by atoms with Gasteiger partial charge in [0.05, 0.1) is 10.6 Å². The molecule has 0 saturated heterocycles. The van der Waals surface area contributed by atoms with Crippen molar-refractivity contribution in [3.8, 4) is 0 Å². The Hall–Kier alpha value is -2.19. The van der Waals surface area contributed by atoms with Gasteiger partial charge in [0.2, 0.25) is 15.9 Å². The number of nitrogens with one attached hydrogen (secondary N) is 1. The van der Waals surface area contributed by atoms with Crippen LogP contribution in [0, 0.1) is 19.8 Å². The maximum atomic E-state index is 13.2. The second kappa shape index (κ2) is 8.39. The van der Waals surface area contributed by atoms with Crippen LogP contribution in [0.5, 0.6) is 0 Å². The molecule has 0 unspecified atom stereocenters. The van der Waals surface area contributed by atoms with E-state index in [1.807, 2.05) is 27.0 Å². The molecule has 1 aromatic carbocycles. The molecule has 1 atom stereocenters. The quantitative estimate of drug-likeness (QED) is 0.742. The standard InChI is InChI=1S/C23H32N4O3S/c1-15-22(16(2)27(4)25-15)14-26(3)31(29,30)21-10-9-18-11-20(12-19(18)13-21)24-23(28)17-7-5-6-8-17/h9-10,13,17,20H,5-8,11-12,14H2,1-4H3,(H,24,28)/t20-/m1/s1. The average molecular weight is 445 g/mol. The van der Waals surface area contributed by atoms with Gasteiger partial charge in [0.25, 0.3) is 0 Å². The van der Waals surface area contributed by atoms with Crippen molar-refractivity contribution < 1.29 is 13.2 Å². The highest BCUT2D eigenvalue weighted by molar-refractivity contribution is 7.89. The SMILES string of the molecule is Cc1nn(C)c(C)c1CN(C)S(=O)(=O)c1ccc2c(c1)C[C@H](NC(=O)C1CCCC1)C2. The van der Waals surface area contributed by atoms with Gasteiger partial charge < -0.3 is 5.32 Å². The first-order valence-corrected chi connectivity index (χ1v) is 12.5. The number of aryl methyl sites for hydroxylation is 2. The summed E-state index contributed by atoms with van der Waals surface area (Å²) in [4.78, 5) is 12.8. The van der Waals surface area contributed by atoms with Crippen LogP contribution in [0.25, 0.3) is 0 Å². The van der Waals surface area contributed by atoms with Crippen LogP contribution in [0.4, 0.5) is 0 Å². The molecule has 0 aliphatic heterocycles. The molecular weight excluding hydrogens is 412 g/mol. The summed E-state index contributed by atoms with van der Waals surface area (Å²) < 4.78 is 29.6. The molecule has 1 heterocycles. The minimum Gasteiger partial charge on any atom is -0.352 e. The number of hydrogen-bond donors (Lipinski definition) is 1. The highest BCUT2D eigenvalue weighted by Crippen LogP contribution is 2.29. The maximum Gasteiger partial charge on any atom is 0.243 e. The summed E-state index contributed by atoms with van der Waals surface area (Å²) >= 11 is 0. The van der Waals surface area contributed by atoms with Gasteiger partial charge in [0.1, 0.15) is 0 Å². The lowest BCUT2D eigenvalue weighted by atomic mass is 10.1. The zero-order valence-electron chi connectivity index (χ0n) is 18.8. The number of rotatable bonds is 6. The monoisotopic (exact) mass is 444 g/mol. The Bertz CT molecular complexity index is 1100. The van der Waals surface area contributed by atoms with Crippen LogP contribution in [0.2, 0.25) is 0 Å². The van der Waals surface area contributed by atoms with E-state index in [2.05, 4.69) is 10.4 Å². The Labute approximate surface area is 184 Å². The van der Waals surface area contributed by atoms with Crippen molar-refractivity contribution >= 4 is 15.9 Å². The topological polar surface area (TPSA) is 84.3 Å². The van der Waals surface area contributed by atoms with Gasteiger partial charge in [-0.1, -0.05) is 18.9 Å². The van der Waals surface area contributed by atoms with Crippen LogP contribution in [0.15, 0.2) is 23.1 Å². The van der Waals surface area contributed by atoms with E-state index < -0.39 is 10.0 Å². The summed E-state index contributed by atoms with van der Waals surface area (Å²) in [5.41, 5.74) is 4.88. The molecule has 0 bridgehead atoms. The smallest absolute Gasteiger partial charge is 0.243 e. The predicted molar refractivity (Wildman–Crippen MR) is 119 cm³/mol. The number of benzene rings is 1. The number of amides is 1. The largest absolute Gasteiger partial charge is 0.352 e. The van der Waals surface area contributed by atoms with Crippen molar-refractivity contribution in [2.75, 3.05) is 7.05 Å². The minimum absolute atomic E-state index is 0.0551. The summed E-state index contributed by atoms with van der Waals surface area (Å²) in [5, 5.41) is 7.57. The van der Waals surface area contributed by atoms with Gasteiger partial charge in [0.15, 0.2) is 0 Å². The van der Waals surface area contributed by atoms with Gasteiger partial charge in [-0.3, -0.25) is 9.48 Å². The van der Waals surface area contributed by atoms with Gasteiger partial charge >= 0.3 is 0 Å². The number of aromatic nitrogens is 2. The van der Waals surface area contributed by atoms with E-state index in [1.165, 1.54) is 4.31 Å². The average Bonchev–Trinajstić information content (AvgIpc) is 3.44. The van der Waals surface area contributed by atoms with Crippen molar-refractivity contribution in [2.24, 2.45) is 13.0 Å². The first kappa shape index (κ1) is 22.0. The van der Waals surface area contributed by atoms with Gasteiger partial charge in [-0.25, -0.2) is 8.42 Å². The van der Waals surface area contributed by atoms with E-state index in [1.54, 1.807) is 23.9 Å². The third kappa shape index (κ3) is 4.28. The van der Waals surface area contributed by atoms with E-state index in [0.29, 0.717) is 11.3 Å². The molecule has 7 nitrogen and oxygen atoms in total. The summed E-state index contributed by atoms with van der Waals surface area (Å²) in [6.07, 6.45) is 5.68. The maximum absolute atomic E-state index is 13.2. The fourth-order valence-corrected chi connectivity index (χ4v) is 6.09. The molecule has 0 radical (unpaired) electrons. The zero-order valence-corrected chi connectivity index (χ0v) is 19.6. The lowest BCUT2D eigenvalue weighted by Gasteiger charge is -2.18. The number of sulfonamides is 1. The van der Waals surface area contributed by atoms with Crippen molar-refractivity contribution in [3.05, 3.63) is 46.3 Å². The summed E-state index contributed by atoms with van der Waals surface area (Å²) in [5.74, 6) is 0.304. The van der Waals surface area contributed by atoms with E-state index >= 15 is 0 Å². The Kier molecular flexibility index (Phi) is 5.96. The van der Waals surface area contributed by atoms with Gasteiger partial charge in [-0.15, -0.1) is 0 Å². The zero-order chi connectivity index (χ0) is 22.3. The van der Waals surface area contributed by atoms with E-state index in [9.17, 15) is 13.2 Å². The third-order valence-electron chi connectivity index (χ3n) is 6.93. The van der Waals surface area contributed by atoms with Crippen molar-refractivity contribution in [3.63, 3.8) is 0 Å². The summed E-state index contributed by atoms with van der Waals surface area (Å²) in [7, 11) is -0.154. The molecule has 2 aliphatic rings. The van der Waals surface area contributed by atoms with Crippen molar-refractivity contribution in [1.29, 1.82) is 0 Å². The molecule has 8 heteroatoms. The van der Waals surface area contributed by atoms with Crippen LogP contribution in [-0.2, 0) is 41.3 Å². The minimum atomic E-state index is -3.63.